The lowest BCUT2D eigenvalue weighted by atomic mass is 9.70. The number of carbonyl (C=O) groups is 2. The molecule has 0 fully saturated rings. The second-order valence-corrected chi connectivity index (χ2v) is 3.71. The van der Waals surface area contributed by atoms with E-state index in [0.29, 0.717) is 12.8 Å². The topological polar surface area (TPSA) is 63.6 Å². The lowest BCUT2D eigenvalue weighted by molar-refractivity contribution is -0.163. The number of ether oxygens (including phenoxy) is 1. The highest BCUT2D eigenvalue weighted by Gasteiger charge is 2.46. The highest BCUT2D eigenvalue weighted by Crippen LogP contribution is 2.38. The Bertz CT molecular complexity index is 282. The monoisotopic (exact) mass is 198 g/mol. The number of methoxy groups -OCH3 is 1. The molecule has 0 amide bonds. The minimum atomic E-state index is -1.03. The van der Waals surface area contributed by atoms with Crippen LogP contribution in [0.1, 0.15) is 19.8 Å². The first-order valence-corrected chi connectivity index (χ1v) is 4.48. The van der Waals surface area contributed by atoms with E-state index in [-0.39, 0.29) is 0 Å². The van der Waals surface area contributed by atoms with Gasteiger partial charge in [-0.2, -0.15) is 0 Å². The van der Waals surface area contributed by atoms with Gasteiger partial charge in [-0.25, -0.2) is 0 Å². The molecule has 1 aliphatic carbocycles. The second-order valence-electron chi connectivity index (χ2n) is 3.71. The fourth-order valence-electron chi connectivity index (χ4n) is 1.70. The lowest BCUT2D eigenvalue weighted by Crippen LogP contribution is -2.41. The molecular formula is C10H14O4. The molecule has 1 N–H and O–H groups in total. The minimum Gasteiger partial charge on any atom is -0.481 e. The van der Waals surface area contributed by atoms with Crippen LogP contribution in [0.5, 0.6) is 0 Å². The van der Waals surface area contributed by atoms with Crippen LogP contribution >= 0.6 is 0 Å². The fourth-order valence-corrected chi connectivity index (χ4v) is 1.70. The van der Waals surface area contributed by atoms with E-state index >= 15 is 0 Å². The summed E-state index contributed by atoms with van der Waals surface area (Å²) in [4.78, 5) is 22.4. The van der Waals surface area contributed by atoms with Gasteiger partial charge in [0.2, 0.25) is 0 Å². The summed E-state index contributed by atoms with van der Waals surface area (Å²) in [5.74, 6) is -1.97. The summed E-state index contributed by atoms with van der Waals surface area (Å²) in [6.07, 6.45) is 4.44. The van der Waals surface area contributed by atoms with Gasteiger partial charge in [0.1, 0.15) is 0 Å². The van der Waals surface area contributed by atoms with Crippen molar-refractivity contribution >= 4 is 11.9 Å². The van der Waals surface area contributed by atoms with Crippen LogP contribution in [0.25, 0.3) is 0 Å². The molecule has 78 valence electrons. The van der Waals surface area contributed by atoms with Crippen molar-refractivity contribution in [2.24, 2.45) is 11.3 Å². The molecule has 4 heteroatoms. The molecule has 2 atom stereocenters. The van der Waals surface area contributed by atoms with Crippen molar-refractivity contribution in [2.45, 2.75) is 19.8 Å². The van der Waals surface area contributed by atoms with Gasteiger partial charge in [-0.05, 0) is 19.8 Å². The molecule has 0 saturated heterocycles. The predicted molar refractivity (Wildman–Crippen MR) is 49.6 cm³/mol. The number of rotatable bonds is 2. The van der Waals surface area contributed by atoms with E-state index in [1.165, 1.54) is 7.11 Å². The molecule has 0 bridgehead atoms. The predicted octanol–water partition coefficient (Wildman–Crippen LogP) is 1.22. The highest BCUT2D eigenvalue weighted by atomic mass is 16.5. The zero-order valence-corrected chi connectivity index (χ0v) is 8.32. The summed E-state index contributed by atoms with van der Waals surface area (Å²) in [5, 5.41) is 9.07. The van der Waals surface area contributed by atoms with E-state index in [0.717, 1.165) is 0 Å². The number of esters is 1. The van der Waals surface area contributed by atoms with E-state index < -0.39 is 23.3 Å². The van der Waals surface area contributed by atoms with E-state index in [2.05, 4.69) is 4.74 Å². The maximum Gasteiger partial charge on any atom is 0.310 e. The molecule has 0 aromatic heterocycles. The molecule has 0 saturated carbocycles. The third kappa shape index (κ3) is 1.64. The quantitative estimate of drug-likeness (QED) is 0.535. The molecule has 0 aromatic carbocycles. The van der Waals surface area contributed by atoms with Gasteiger partial charge >= 0.3 is 11.9 Å². The van der Waals surface area contributed by atoms with Crippen molar-refractivity contribution in [2.75, 3.05) is 7.11 Å². The molecule has 0 unspecified atom stereocenters. The van der Waals surface area contributed by atoms with Crippen LogP contribution in [0.2, 0.25) is 0 Å². The Labute approximate surface area is 82.6 Å². The van der Waals surface area contributed by atoms with Crippen molar-refractivity contribution in [1.29, 1.82) is 0 Å². The molecule has 14 heavy (non-hydrogen) atoms. The molecule has 0 aromatic rings. The van der Waals surface area contributed by atoms with E-state index in [1.54, 1.807) is 13.0 Å². The van der Waals surface area contributed by atoms with E-state index in [9.17, 15) is 9.59 Å². The summed E-state index contributed by atoms with van der Waals surface area (Å²) in [5.41, 5.74) is -1.03. The van der Waals surface area contributed by atoms with Crippen molar-refractivity contribution in [1.82, 2.24) is 0 Å². The van der Waals surface area contributed by atoms with Crippen LogP contribution in [0.15, 0.2) is 12.2 Å². The lowest BCUT2D eigenvalue weighted by Gasteiger charge is -2.32. The van der Waals surface area contributed by atoms with E-state index in [4.69, 9.17) is 5.11 Å². The number of carboxylic acids is 1. The first-order valence-electron chi connectivity index (χ1n) is 4.48. The van der Waals surface area contributed by atoms with E-state index in [1.807, 2.05) is 6.08 Å². The Morgan fingerprint density at radius 1 is 1.50 bits per heavy atom. The SMILES string of the molecule is COC(=O)[C@@H]1CC=CC[C@]1(C)C(=O)O. The van der Waals surface area contributed by atoms with Gasteiger partial charge < -0.3 is 9.84 Å². The second kappa shape index (κ2) is 3.82. The Morgan fingerprint density at radius 2 is 2.14 bits per heavy atom. The highest BCUT2D eigenvalue weighted by molar-refractivity contribution is 5.84. The number of hydrogen-bond acceptors (Lipinski definition) is 3. The molecule has 0 radical (unpaired) electrons. The Balaban J connectivity index is 2.96. The van der Waals surface area contributed by atoms with Crippen molar-refractivity contribution in [3.63, 3.8) is 0 Å². The van der Waals surface area contributed by atoms with Gasteiger partial charge in [-0.3, -0.25) is 9.59 Å². The largest absolute Gasteiger partial charge is 0.481 e. The summed E-state index contributed by atoms with van der Waals surface area (Å²) < 4.78 is 4.60. The van der Waals surface area contributed by atoms with Crippen LogP contribution < -0.4 is 0 Å². The molecule has 0 heterocycles. The first-order chi connectivity index (χ1) is 6.52. The summed E-state index contributed by atoms with van der Waals surface area (Å²) in [6, 6.07) is 0. The average Bonchev–Trinajstić information content (AvgIpc) is 2.17. The van der Waals surface area contributed by atoms with Crippen LogP contribution in [0, 0.1) is 11.3 Å². The summed E-state index contributed by atoms with van der Waals surface area (Å²) in [7, 11) is 1.28. The Hall–Kier alpha value is -1.32. The smallest absolute Gasteiger partial charge is 0.310 e. The molecular weight excluding hydrogens is 184 g/mol. The molecule has 1 rings (SSSR count). The van der Waals surface area contributed by atoms with Crippen molar-refractivity contribution in [3.05, 3.63) is 12.2 Å². The molecule has 0 spiro atoms. The van der Waals surface area contributed by atoms with Crippen molar-refractivity contribution in [3.8, 4) is 0 Å². The number of carbonyl (C=O) groups excluding carboxylic acids is 1. The van der Waals surface area contributed by atoms with Gasteiger partial charge in [0, 0.05) is 0 Å². The third-order valence-electron chi connectivity index (χ3n) is 2.82. The molecule has 0 aliphatic heterocycles. The zero-order valence-electron chi connectivity index (χ0n) is 8.32. The number of hydrogen-bond donors (Lipinski definition) is 1. The van der Waals surface area contributed by atoms with Crippen LogP contribution in [-0.4, -0.2) is 24.2 Å². The average molecular weight is 198 g/mol. The third-order valence-corrected chi connectivity index (χ3v) is 2.82. The minimum absolute atomic E-state index is 0.377. The standard InChI is InChI=1S/C10H14O4/c1-10(9(12)13)6-4-3-5-7(10)8(11)14-2/h3-4,7H,5-6H2,1-2H3,(H,12,13)/t7-,10-/m0/s1. The first kappa shape index (κ1) is 10.8. The van der Waals surface area contributed by atoms with Gasteiger partial charge in [0.15, 0.2) is 0 Å². The number of allylic oxidation sites excluding steroid dienone is 2. The fraction of sp³-hybridized carbons (Fsp3) is 0.600. The van der Waals surface area contributed by atoms with Gasteiger partial charge in [0.25, 0.3) is 0 Å². The maximum atomic E-state index is 11.4. The molecule has 4 nitrogen and oxygen atoms in total. The molecule has 1 aliphatic rings. The van der Waals surface area contributed by atoms with Crippen LogP contribution in [-0.2, 0) is 14.3 Å². The van der Waals surface area contributed by atoms with Gasteiger partial charge in [-0.15, -0.1) is 0 Å². The van der Waals surface area contributed by atoms with Crippen LogP contribution in [0.3, 0.4) is 0 Å². The maximum absolute atomic E-state index is 11.4. The van der Waals surface area contributed by atoms with Crippen molar-refractivity contribution < 1.29 is 19.4 Å². The Morgan fingerprint density at radius 3 is 2.64 bits per heavy atom. The van der Waals surface area contributed by atoms with Crippen LogP contribution in [0.4, 0.5) is 0 Å². The van der Waals surface area contributed by atoms with Gasteiger partial charge in [0.05, 0.1) is 18.4 Å². The van der Waals surface area contributed by atoms with Gasteiger partial charge in [-0.1, -0.05) is 12.2 Å². The Kier molecular flexibility index (Phi) is 2.93. The summed E-state index contributed by atoms with van der Waals surface area (Å²) >= 11 is 0. The zero-order chi connectivity index (χ0) is 10.8. The number of aliphatic carboxylic acids is 1. The number of carboxylic acid groups (broad SMARTS) is 1. The summed E-state index contributed by atoms with van der Waals surface area (Å²) in [6.45, 7) is 1.58. The normalized spacial score (nSPS) is 31.1.